The quantitative estimate of drug-likeness (QED) is 0.678. The zero-order valence-electron chi connectivity index (χ0n) is 13.5. The zero-order chi connectivity index (χ0) is 15.8. The second kappa shape index (κ2) is 5.69. The van der Waals surface area contributed by atoms with Crippen LogP contribution in [0.15, 0.2) is 54.6 Å². The second-order valence-corrected chi connectivity index (χ2v) is 6.42. The van der Waals surface area contributed by atoms with Crippen LogP contribution < -0.4 is 0 Å². The van der Waals surface area contributed by atoms with Gasteiger partial charge in [0.2, 0.25) is 0 Å². The number of Topliss-reactive ketones (excluding diaryl/α,β-unsaturated/α-hetero) is 1. The molecule has 1 aliphatic carbocycles. The highest BCUT2D eigenvalue weighted by atomic mass is 16.1. The predicted octanol–water partition coefficient (Wildman–Crippen LogP) is 4.84. The molecule has 0 N–H and O–H groups in total. The lowest BCUT2D eigenvalue weighted by Crippen LogP contribution is -2.23. The fourth-order valence-electron chi connectivity index (χ4n) is 3.87. The minimum absolute atomic E-state index is 0.193. The lowest BCUT2D eigenvalue weighted by molar-refractivity contribution is 0.0899. The largest absolute Gasteiger partial charge is 0.339 e. The Kier molecular flexibility index (Phi) is 3.53. The number of para-hydroxylation sites is 1. The number of benzene rings is 2. The number of carbonyl (C=O) groups excluding carboxylic acids is 1. The number of hydrogen-bond donors (Lipinski definition) is 0. The minimum Gasteiger partial charge on any atom is -0.339 e. The molecule has 0 fully saturated rings. The molecule has 1 heterocycles. The molecule has 116 valence electrons. The monoisotopic (exact) mass is 303 g/mol. The summed E-state index contributed by atoms with van der Waals surface area (Å²) >= 11 is 0. The van der Waals surface area contributed by atoms with Crippen molar-refractivity contribution in [2.45, 2.75) is 32.7 Å². The van der Waals surface area contributed by atoms with Crippen LogP contribution in [0, 0.1) is 5.92 Å². The molecule has 3 aromatic rings. The van der Waals surface area contributed by atoms with Gasteiger partial charge in [-0.25, -0.2) is 0 Å². The summed E-state index contributed by atoms with van der Waals surface area (Å²) < 4.78 is 2.35. The third-order valence-electron chi connectivity index (χ3n) is 5.10. The fraction of sp³-hybridized carbons (Fsp3) is 0.286. The first-order valence-corrected chi connectivity index (χ1v) is 8.47. The van der Waals surface area contributed by atoms with Gasteiger partial charge in [0, 0.05) is 34.6 Å². The molecule has 0 radical (unpaired) electrons. The first-order chi connectivity index (χ1) is 11.3. The predicted molar refractivity (Wildman–Crippen MR) is 93.9 cm³/mol. The lowest BCUT2D eigenvalue weighted by Gasteiger charge is -2.22. The van der Waals surface area contributed by atoms with Gasteiger partial charge in [0.1, 0.15) is 0 Å². The molecule has 0 amide bonds. The van der Waals surface area contributed by atoms with Gasteiger partial charge < -0.3 is 4.57 Å². The number of hydrogen-bond acceptors (Lipinski definition) is 1. The molecule has 23 heavy (non-hydrogen) atoms. The van der Waals surface area contributed by atoms with E-state index in [-0.39, 0.29) is 5.92 Å². The molecular formula is C21H21NO. The molecule has 1 aromatic heterocycles. The highest BCUT2D eigenvalue weighted by molar-refractivity contribution is 6.11. The van der Waals surface area contributed by atoms with Gasteiger partial charge in [0.25, 0.3) is 0 Å². The number of ketones is 1. The maximum absolute atomic E-state index is 12.9. The van der Waals surface area contributed by atoms with Crippen LogP contribution in [0.4, 0.5) is 0 Å². The summed E-state index contributed by atoms with van der Waals surface area (Å²) in [6, 6.07) is 18.9. The maximum atomic E-state index is 12.9. The Morgan fingerprint density at radius 1 is 1.04 bits per heavy atom. The average molecular weight is 303 g/mol. The van der Waals surface area contributed by atoms with E-state index in [2.05, 4.69) is 54.0 Å². The summed E-state index contributed by atoms with van der Waals surface area (Å²) in [7, 11) is 0. The van der Waals surface area contributed by atoms with Crippen molar-refractivity contribution in [3.8, 4) is 0 Å². The molecule has 0 saturated carbocycles. The maximum Gasteiger partial charge on any atom is 0.168 e. The van der Waals surface area contributed by atoms with E-state index < -0.39 is 0 Å². The van der Waals surface area contributed by atoms with Crippen LogP contribution in [0.5, 0.6) is 0 Å². The Morgan fingerprint density at radius 3 is 2.57 bits per heavy atom. The van der Waals surface area contributed by atoms with Crippen LogP contribution in [0.1, 0.15) is 41.4 Å². The van der Waals surface area contributed by atoms with E-state index in [0.717, 1.165) is 36.8 Å². The van der Waals surface area contributed by atoms with Crippen molar-refractivity contribution in [2.24, 2.45) is 5.92 Å². The van der Waals surface area contributed by atoms with Crippen molar-refractivity contribution < 1.29 is 4.79 Å². The summed E-state index contributed by atoms with van der Waals surface area (Å²) in [6.07, 6.45) is 2.92. The minimum atomic E-state index is 0.193. The summed E-state index contributed by atoms with van der Waals surface area (Å²) in [5.74, 6) is 0.537. The topological polar surface area (TPSA) is 22.0 Å². The van der Waals surface area contributed by atoms with Gasteiger partial charge in [-0.2, -0.15) is 0 Å². The molecule has 0 bridgehead atoms. The average Bonchev–Trinajstić information content (AvgIpc) is 2.91. The van der Waals surface area contributed by atoms with Crippen LogP contribution in [-0.2, 0) is 13.0 Å². The van der Waals surface area contributed by atoms with Gasteiger partial charge in [0.05, 0.1) is 0 Å². The number of nitrogens with zero attached hydrogens (tertiary/aromatic N) is 1. The van der Waals surface area contributed by atoms with Gasteiger partial charge in [0.15, 0.2) is 5.78 Å². The van der Waals surface area contributed by atoms with Crippen LogP contribution in [-0.4, -0.2) is 10.4 Å². The van der Waals surface area contributed by atoms with E-state index in [1.54, 1.807) is 0 Å². The first kappa shape index (κ1) is 14.3. The summed E-state index contributed by atoms with van der Waals surface area (Å²) in [4.78, 5) is 12.9. The Labute approximate surface area is 136 Å². The molecule has 1 atom stereocenters. The standard InChI is InChI=1S/C21H21NO/c1-2-16-12-13-19-20(21(16)23)17-10-6-7-11-18(17)22(19)14-15-8-4-3-5-9-15/h3-11,16H,2,12-14H2,1H3. The molecular weight excluding hydrogens is 282 g/mol. The van der Waals surface area contributed by atoms with Gasteiger partial charge in [-0.3, -0.25) is 4.79 Å². The van der Waals surface area contributed by atoms with Crippen molar-refractivity contribution >= 4 is 16.7 Å². The van der Waals surface area contributed by atoms with Gasteiger partial charge in [-0.15, -0.1) is 0 Å². The van der Waals surface area contributed by atoms with Gasteiger partial charge in [-0.1, -0.05) is 55.5 Å². The number of aromatic nitrogens is 1. The third-order valence-corrected chi connectivity index (χ3v) is 5.10. The van der Waals surface area contributed by atoms with Crippen molar-refractivity contribution in [1.29, 1.82) is 0 Å². The third kappa shape index (κ3) is 2.29. The summed E-state index contributed by atoms with van der Waals surface area (Å²) in [5, 5.41) is 1.13. The Morgan fingerprint density at radius 2 is 1.78 bits per heavy atom. The number of carbonyl (C=O) groups is 1. The van der Waals surface area contributed by atoms with E-state index in [1.807, 2.05) is 12.1 Å². The van der Waals surface area contributed by atoms with Gasteiger partial charge in [-0.05, 0) is 30.9 Å². The highest BCUT2D eigenvalue weighted by Crippen LogP contribution is 2.35. The normalized spacial score (nSPS) is 17.4. The summed E-state index contributed by atoms with van der Waals surface area (Å²) in [6.45, 7) is 2.96. The molecule has 2 nitrogen and oxygen atoms in total. The van der Waals surface area contributed by atoms with E-state index >= 15 is 0 Å². The van der Waals surface area contributed by atoms with E-state index in [1.165, 1.54) is 16.8 Å². The molecule has 1 unspecified atom stereocenters. The van der Waals surface area contributed by atoms with Crippen molar-refractivity contribution in [3.63, 3.8) is 0 Å². The first-order valence-electron chi connectivity index (χ1n) is 8.47. The van der Waals surface area contributed by atoms with Crippen molar-refractivity contribution in [3.05, 3.63) is 71.4 Å². The smallest absolute Gasteiger partial charge is 0.168 e. The van der Waals surface area contributed by atoms with E-state index in [0.29, 0.717) is 5.78 Å². The van der Waals surface area contributed by atoms with Crippen molar-refractivity contribution in [2.75, 3.05) is 0 Å². The van der Waals surface area contributed by atoms with Crippen LogP contribution >= 0.6 is 0 Å². The highest BCUT2D eigenvalue weighted by Gasteiger charge is 2.31. The molecule has 0 saturated heterocycles. The number of fused-ring (bicyclic) bond motifs is 3. The Bertz CT molecular complexity index is 860. The van der Waals surface area contributed by atoms with Crippen LogP contribution in [0.25, 0.3) is 10.9 Å². The summed E-state index contributed by atoms with van der Waals surface area (Å²) in [5.41, 5.74) is 4.67. The molecule has 0 aliphatic heterocycles. The Balaban J connectivity index is 1.90. The number of rotatable bonds is 3. The molecule has 0 spiro atoms. The molecule has 1 aliphatic rings. The zero-order valence-corrected chi connectivity index (χ0v) is 13.5. The molecule has 4 rings (SSSR count). The van der Waals surface area contributed by atoms with Crippen LogP contribution in [0.2, 0.25) is 0 Å². The SMILES string of the molecule is CCC1CCc2c(c3ccccc3n2Cc2ccccc2)C1=O. The second-order valence-electron chi connectivity index (χ2n) is 6.42. The fourth-order valence-corrected chi connectivity index (χ4v) is 3.87. The van der Waals surface area contributed by atoms with Crippen LogP contribution in [0.3, 0.4) is 0 Å². The lowest BCUT2D eigenvalue weighted by atomic mass is 9.83. The van der Waals surface area contributed by atoms with Crippen molar-refractivity contribution in [1.82, 2.24) is 4.57 Å². The Hall–Kier alpha value is -2.35. The van der Waals surface area contributed by atoms with Gasteiger partial charge >= 0.3 is 0 Å². The molecule has 2 aromatic carbocycles. The molecule has 2 heteroatoms. The van der Waals surface area contributed by atoms with E-state index in [4.69, 9.17) is 0 Å². The van der Waals surface area contributed by atoms with E-state index in [9.17, 15) is 4.79 Å².